The average Bonchev–Trinajstić information content (AvgIpc) is 3.53. The van der Waals surface area contributed by atoms with Gasteiger partial charge in [-0.2, -0.15) is 0 Å². The largest absolute Gasteiger partial charge is 0.481 e. The van der Waals surface area contributed by atoms with Crippen LogP contribution in [0.15, 0.2) is 60.9 Å². The normalized spacial score (nSPS) is 14.2. The molecule has 0 saturated carbocycles. The Morgan fingerprint density at radius 2 is 1.83 bits per heavy atom. The van der Waals surface area contributed by atoms with Crippen molar-refractivity contribution in [1.29, 1.82) is 0 Å². The summed E-state index contributed by atoms with van der Waals surface area (Å²) in [6.07, 6.45) is 2.72. The second kappa shape index (κ2) is 16.4. The van der Waals surface area contributed by atoms with E-state index >= 15 is 4.39 Å². The van der Waals surface area contributed by atoms with Gasteiger partial charge in [-0.3, -0.25) is 19.6 Å². The molecule has 1 aliphatic heterocycles. The lowest BCUT2D eigenvalue weighted by molar-refractivity contribution is -0.119. The standard InChI is InChI=1S/C37H40ClFN6O7/c1-37(2,3)52-36(48)45(20-23-12-15-29(46)42-23)19-22-11-13-26(44-34(22)49-4)24-16-17-40-32(30(24)38)25-8-7-9-27(31(25)39)43-33(47)28-14-10-21(18-41-28)35(50-5)51-6/h7-11,13-14,16-18,23,35H,12,15,19-20H2,1-6H3,(H,42,46)(H,43,47)/t23-/m0/s1. The van der Waals surface area contributed by atoms with E-state index in [1.54, 1.807) is 51.1 Å². The van der Waals surface area contributed by atoms with Crippen LogP contribution >= 0.6 is 11.6 Å². The molecule has 4 aromatic rings. The molecule has 3 amide bonds. The van der Waals surface area contributed by atoms with Crippen LogP contribution < -0.4 is 15.4 Å². The van der Waals surface area contributed by atoms with Crippen molar-refractivity contribution in [2.75, 3.05) is 33.2 Å². The van der Waals surface area contributed by atoms with Crippen LogP contribution in [-0.4, -0.2) is 77.3 Å². The van der Waals surface area contributed by atoms with E-state index in [1.807, 2.05) is 0 Å². The molecule has 3 aromatic heterocycles. The molecule has 1 saturated heterocycles. The smallest absolute Gasteiger partial charge is 0.410 e. The zero-order valence-corrected chi connectivity index (χ0v) is 30.4. The highest BCUT2D eigenvalue weighted by molar-refractivity contribution is 6.35. The second-order valence-electron chi connectivity index (χ2n) is 13.0. The van der Waals surface area contributed by atoms with Gasteiger partial charge in [-0.15, -0.1) is 0 Å². The first-order valence-corrected chi connectivity index (χ1v) is 16.8. The molecule has 1 aromatic carbocycles. The Bertz CT molecular complexity index is 1940. The fourth-order valence-corrected chi connectivity index (χ4v) is 5.92. The highest BCUT2D eigenvalue weighted by Crippen LogP contribution is 2.38. The fourth-order valence-electron chi connectivity index (χ4n) is 5.61. The number of rotatable bonds is 12. The third-order valence-electron chi connectivity index (χ3n) is 8.06. The van der Waals surface area contributed by atoms with E-state index in [4.69, 9.17) is 30.5 Å². The van der Waals surface area contributed by atoms with E-state index in [0.717, 1.165) is 0 Å². The van der Waals surface area contributed by atoms with E-state index in [-0.39, 0.29) is 58.6 Å². The van der Waals surface area contributed by atoms with E-state index < -0.39 is 29.7 Å². The van der Waals surface area contributed by atoms with E-state index in [1.165, 1.54) is 56.8 Å². The number of hydrogen-bond acceptors (Lipinski definition) is 10. The number of hydrogen-bond donors (Lipinski definition) is 2. The monoisotopic (exact) mass is 734 g/mol. The average molecular weight is 735 g/mol. The molecule has 1 atom stereocenters. The maximum Gasteiger partial charge on any atom is 0.410 e. The Labute approximate surface area is 305 Å². The number of pyridine rings is 3. The molecule has 13 nitrogen and oxygen atoms in total. The van der Waals surface area contributed by atoms with Gasteiger partial charge in [0.05, 0.1) is 35.8 Å². The van der Waals surface area contributed by atoms with E-state index in [0.29, 0.717) is 35.2 Å². The Hall–Kier alpha value is -5.18. The van der Waals surface area contributed by atoms with Crippen LogP contribution in [0.3, 0.4) is 0 Å². The summed E-state index contributed by atoms with van der Waals surface area (Å²) in [5.41, 5.74) is 1.44. The summed E-state index contributed by atoms with van der Waals surface area (Å²) in [6, 6.07) is 12.5. The third-order valence-corrected chi connectivity index (χ3v) is 8.44. The number of anilines is 1. The van der Waals surface area contributed by atoms with Crippen LogP contribution in [-0.2, 0) is 25.5 Å². The molecule has 4 heterocycles. The third kappa shape index (κ3) is 8.99. The number of carbonyl (C=O) groups is 3. The predicted octanol–water partition coefficient (Wildman–Crippen LogP) is 6.57. The van der Waals surface area contributed by atoms with E-state index in [2.05, 4.69) is 25.6 Å². The summed E-state index contributed by atoms with van der Waals surface area (Å²) >= 11 is 6.87. The fraction of sp³-hybridized carbons (Fsp3) is 0.351. The number of ether oxygens (including phenoxy) is 4. The van der Waals surface area contributed by atoms with Gasteiger partial charge >= 0.3 is 6.09 Å². The van der Waals surface area contributed by atoms with Crippen LogP contribution in [0.25, 0.3) is 22.5 Å². The highest BCUT2D eigenvalue weighted by Gasteiger charge is 2.29. The number of nitrogens with zero attached hydrogens (tertiary/aromatic N) is 4. The number of nitrogens with one attached hydrogen (secondary N) is 2. The van der Waals surface area contributed by atoms with Gasteiger partial charge in [-0.1, -0.05) is 23.7 Å². The molecule has 0 spiro atoms. The lowest BCUT2D eigenvalue weighted by Gasteiger charge is -2.29. The first-order valence-electron chi connectivity index (χ1n) is 16.4. The lowest BCUT2D eigenvalue weighted by Crippen LogP contribution is -2.43. The van der Waals surface area contributed by atoms with Crippen molar-refractivity contribution in [3.05, 3.63) is 88.6 Å². The number of aromatic nitrogens is 3. The summed E-state index contributed by atoms with van der Waals surface area (Å²) in [7, 11) is 4.42. The number of carbonyl (C=O) groups excluding carboxylic acids is 3. The first kappa shape index (κ1) is 38.1. The van der Waals surface area contributed by atoms with Crippen LogP contribution in [0.2, 0.25) is 5.02 Å². The zero-order chi connectivity index (χ0) is 37.6. The van der Waals surface area contributed by atoms with Crippen molar-refractivity contribution >= 4 is 35.2 Å². The number of methoxy groups -OCH3 is 3. The van der Waals surface area contributed by atoms with Gasteiger partial charge in [0.25, 0.3) is 5.91 Å². The summed E-state index contributed by atoms with van der Waals surface area (Å²) in [5.74, 6) is -1.21. The van der Waals surface area contributed by atoms with Crippen LogP contribution in [0.1, 0.15) is 61.5 Å². The molecule has 52 heavy (non-hydrogen) atoms. The topological polar surface area (TPSA) is 154 Å². The first-order chi connectivity index (χ1) is 24.8. The molecule has 0 aliphatic carbocycles. The molecule has 274 valence electrons. The summed E-state index contributed by atoms with van der Waals surface area (Å²) in [5, 5.41) is 5.57. The maximum absolute atomic E-state index is 16.0. The molecular weight excluding hydrogens is 695 g/mol. The Morgan fingerprint density at radius 3 is 2.46 bits per heavy atom. The van der Waals surface area contributed by atoms with Gasteiger partial charge in [-0.25, -0.2) is 14.2 Å². The van der Waals surface area contributed by atoms with Gasteiger partial charge in [0.2, 0.25) is 11.8 Å². The van der Waals surface area contributed by atoms with Crippen LogP contribution in [0.4, 0.5) is 14.9 Å². The summed E-state index contributed by atoms with van der Waals surface area (Å²) in [4.78, 5) is 52.7. The Balaban J connectivity index is 1.39. The molecule has 0 bridgehead atoms. The molecule has 15 heteroatoms. The van der Waals surface area contributed by atoms with E-state index in [9.17, 15) is 14.4 Å². The van der Waals surface area contributed by atoms with Crippen molar-refractivity contribution in [3.63, 3.8) is 0 Å². The van der Waals surface area contributed by atoms with Crippen molar-refractivity contribution in [2.24, 2.45) is 0 Å². The van der Waals surface area contributed by atoms with Gasteiger partial charge in [0.1, 0.15) is 11.3 Å². The molecule has 2 N–H and O–H groups in total. The van der Waals surface area contributed by atoms with Crippen LogP contribution in [0, 0.1) is 5.82 Å². The molecule has 1 fully saturated rings. The van der Waals surface area contributed by atoms with Gasteiger partial charge in [-0.05, 0) is 63.6 Å². The van der Waals surface area contributed by atoms with Crippen molar-refractivity contribution in [1.82, 2.24) is 25.2 Å². The molecular formula is C37H40ClFN6O7. The molecule has 1 aliphatic rings. The second-order valence-corrected chi connectivity index (χ2v) is 13.3. The minimum absolute atomic E-state index is 0.0478. The molecule has 0 unspecified atom stereocenters. The molecule has 5 rings (SSSR count). The highest BCUT2D eigenvalue weighted by atomic mass is 35.5. The van der Waals surface area contributed by atoms with Crippen molar-refractivity contribution in [2.45, 2.75) is 58.1 Å². The Morgan fingerprint density at radius 1 is 1.06 bits per heavy atom. The van der Waals surface area contributed by atoms with Gasteiger partial charge in [0, 0.05) is 67.9 Å². The lowest BCUT2D eigenvalue weighted by atomic mass is 10.0. The number of halogens is 2. The zero-order valence-electron chi connectivity index (χ0n) is 29.7. The van der Waals surface area contributed by atoms with Crippen molar-refractivity contribution in [3.8, 4) is 28.4 Å². The summed E-state index contributed by atoms with van der Waals surface area (Å²) < 4.78 is 37.7. The summed E-state index contributed by atoms with van der Waals surface area (Å²) in [6.45, 7) is 5.67. The molecule has 0 radical (unpaired) electrons. The Kier molecular flexibility index (Phi) is 12.0. The number of benzene rings is 1. The minimum Gasteiger partial charge on any atom is -0.481 e. The van der Waals surface area contributed by atoms with Gasteiger partial charge in [0.15, 0.2) is 12.1 Å². The van der Waals surface area contributed by atoms with Crippen LogP contribution in [0.5, 0.6) is 5.88 Å². The number of amides is 3. The quantitative estimate of drug-likeness (QED) is 0.153. The predicted molar refractivity (Wildman–Crippen MR) is 191 cm³/mol. The SMILES string of the molecule is COc1nc(-c2ccnc(-c3cccc(NC(=O)c4ccc(C(OC)OC)cn4)c3F)c2Cl)ccc1CN(C[C@@H]1CCC(=O)N1)C(=O)OC(C)(C)C. The van der Waals surface area contributed by atoms with Gasteiger partial charge < -0.3 is 34.5 Å². The van der Waals surface area contributed by atoms with Crippen molar-refractivity contribution < 1.29 is 37.7 Å². The maximum atomic E-state index is 16.0. The minimum atomic E-state index is -0.751.